The minimum absolute atomic E-state index is 0.0151. The third-order valence-electron chi connectivity index (χ3n) is 5.09. The van der Waals surface area contributed by atoms with Crippen LogP contribution in [0.25, 0.3) is 0 Å². The first kappa shape index (κ1) is 20.4. The lowest BCUT2D eigenvalue weighted by atomic mass is 10.1. The molecular formula is C21H26N6O2. The molecule has 1 aliphatic rings. The summed E-state index contributed by atoms with van der Waals surface area (Å²) in [6, 6.07) is 9.44. The van der Waals surface area contributed by atoms with Crippen molar-refractivity contribution in [2.75, 3.05) is 30.4 Å². The second-order valence-corrected chi connectivity index (χ2v) is 7.40. The van der Waals surface area contributed by atoms with Gasteiger partial charge in [0.1, 0.15) is 11.8 Å². The van der Waals surface area contributed by atoms with Crippen molar-refractivity contribution in [1.29, 1.82) is 5.26 Å². The van der Waals surface area contributed by atoms with Crippen molar-refractivity contribution in [1.82, 2.24) is 14.9 Å². The van der Waals surface area contributed by atoms with Crippen molar-refractivity contribution in [3.63, 3.8) is 0 Å². The highest BCUT2D eigenvalue weighted by molar-refractivity contribution is 5.88. The number of anilines is 2. The molecule has 8 heteroatoms. The van der Waals surface area contributed by atoms with Crippen LogP contribution >= 0.6 is 0 Å². The number of urea groups is 1. The summed E-state index contributed by atoms with van der Waals surface area (Å²) in [6.07, 6.45) is 0. The highest BCUT2D eigenvalue weighted by Gasteiger charge is 2.32. The van der Waals surface area contributed by atoms with E-state index in [0.717, 1.165) is 17.1 Å². The number of piperazine rings is 1. The molecule has 2 amide bonds. The van der Waals surface area contributed by atoms with Gasteiger partial charge < -0.3 is 14.5 Å². The van der Waals surface area contributed by atoms with Gasteiger partial charge in [-0.25, -0.2) is 14.8 Å². The van der Waals surface area contributed by atoms with Crippen LogP contribution in [0.1, 0.15) is 30.8 Å². The van der Waals surface area contributed by atoms with Gasteiger partial charge in [0.2, 0.25) is 5.95 Å². The van der Waals surface area contributed by atoms with Crippen LogP contribution in [0.2, 0.25) is 0 Å². The Kier molecular flexibility index (Phi) is 5.87. The van der Waals surface area contributed by atoms with Crippen LogP contribution in [-0.4, -0.2) is 53.2 Å². The zero-order valence-corrected chi connectivity index (χ0v) is 17.4. The molecule has 0 aliphatic carbocycles. The number of carbonyl (C=O) groups is 1. The second-order valence-electron chi connectivity index (χ2n) is 7.40. The van der Waals surface area contributed by atoms with Crippen LogP contribution < -0.4 is 15.0 Å². The molecule has 1 aromatic carbocycles. The van der Waals surface area contributed by atoms with Crippen LogP contribution in [0, 0.1) is 25.2 Å². The van der Waals surface area contributed by atoms with Crippen molar-refractivity contribution >= 4 is 17.7 Å². The smallest absolute Gasteiger partial charge is 0.324 e. The standard InChI is InChI=1S/C21H26N6O2/c1-13-8-14(2)24-20(23-13)25-21(28)27-12-15(3)26(11-16(27)4)18-7-6-17(10-22)19(9-18)29-5/h6-9,15-16H,11-12H2,1-5H3,(H,23,24,25,28)/t15-,16+/m0/s1. The number of nitrogens with zero attached hydrogens (tertiary/aromatic N) is 5. The lowest BCUT2D eigenvalue weighted by Crippen LogP contribution is -2.59. The fourth-order valence-electron chi connectivity index (χ4n) is 3.67. The highest BCUT2D eigenvalue weighted by Crippen LogP contribution is 2.29. The number of aromatic nitrogens is 2. The van der Waals surface area contributed by atoms with Gasteiger partial charge in [-0.2, -0.15) is 5.26 Å². The van der Waals surface area contributed by atoms with E-state index in [-0.39, 0.29) is 18.1 Å². The summed E-state index contributed by atoms with van der Waals surface area (Å²) in [7, 11) is 1.56. The molecule has 0 radical (unpaired) electrons. The Morgan fingerprint density at radius 3 is 2.48 bits per heavy atom. The van der Waals surface area contributed by atoms with Gasteiger partial charge in [-0.3, -0.25) is 5.32 Å². The van der Waals surface area contributed by atoms with E-state index in [1.165, 1.54) is 0 Å². The Hall–Kier alpha value is -3.34. The number of nitrogens with one attached hydrogen (secondary N) is 1. The van der Waals surface area contributed by atoms with Crippen molar-refractivity contribution in [2.24, 2.45) is 0 Å². The molecule has 0 saturated carbocycles. The van der Waals surface area contributed by atoms with Crippen LogP contribution in [0.3, 0.4) is 0 Å². The highest BCUT2D eigenvalue weighted by atomic mass is 16.5. The molecule has 1 aliphatic heterocycles. The average Bonchev–Trinajstić information content (AvgIpc) is 2.68. The molecule has 0 unspecified atom stereocenters. The summed E-state index contributed by atoms with van der Waals surface area (Å²) in [4.78, 5) is 25.5. The second kappa shape index (κ2) is 8.35. The molecule has 1 N–H and O–H groups in total. The van der Waals surface area contributed by atoms with Gasteiger partial charge in [0.15, 0.2) is 0 Å². The number of aryl methyl sites for hydroxylation is 2. The predicted octanol–water partition coefficient (Wildman–Crippen LogP) is 3.10. The van der Waals surface area contributed by atoms with E-state index in [1.807, 2.05) is 43.9 Å². The summed E-state index contributed by atoms with van der Waals surface area (Å²) < 4.78 is 5.34. The average molecular weight is 394 g/mol. The topological polar surface area (TPSA) is 94.4 Å². The third-order valence-corrected chi connectivity index (χ3v) is 5.09. The third kappa shape index (κ3) is 4.40. The summed E-state index contributed by atoms with van der Waals surface area (Å²) in [5.41, 5.74) is 3.10. The monoisotopic (exact) mass is 394 g/mol. The maximum absolute atomic E-state index is 12.8. The van der Waals surface area contributed by atoms with Gasteiger partial charge in [-0.15, -0.1) is 0 Å². The van der Waals surface area contributed by atoms with E-state index in [9.17, 15) is 10.1 Å². The van der Waals surface area contributed by atoms with E-state index in [0.29, 0.717) is 30.4 Å². The number of hydrogen-bond donors (Lipinski definition) is 1. The van der Waals surface area contributed by atoms with Gasteiger partial charge in [0, 0.05) is 48.3 Å². The molecule has 2 atom stereocenters. The minimum atomic E-state index is -0.202. The van der Waals surface area contributed by atoms with E-state index < -0.39 is 0 Å². The van der Waals surface area contributed by atoms with E-state index in [2.05, 4.69) is 33.2 Å². The lowest BCUT2D eigenvalue weighted by molar-refractivity contribution is 0.173. The SMILES string of the molecule is COc1cc(N2C[C@@H](C)N(C(=O)Nc3nc(C)cc(C)n3)C[C@@H]2C)ccc1C#N. The number of nitriles is 1. The Balaban J connectivity index is 1.74. The Morgan fingerprint density at radius 2 is 1.86 bits per heavy atom. The summed E-state index contributed by atoms with van der Waals surface area (Å²) in [5, 5.41) is 12.0. The van der Waals surface area contributed by atoms with E-state index >= 15 is 0 Å². The number of methoxy groups -OCH3 is 1. The largest absolute Gasteiger partial charge is 0.495 e. The van der Waals surface area contributed by atoms with Gasteiger partial charge in [0.05, 0.1) is 12.7 Å². The molecule has 0 spiro atoms. The van der Waals surface area contributed by atoms with Gasteiger partial charge in [-0.1, -0.05) is 0 Å². The first-order valence-electron chi connectivity index (χ1n) is 9.57. The Labute approximate surface area is 171 Å². The normalized spacial score (nSPS) is 18.9. The first-order chi connectivity index (χ1) is 13.8. The van der Waals surface area contributed by atoms with E-state index in [4.69, 9.17) is 4.74 Å². The minimum Gasteiger partial charge on any atom is -0.495 e. The van der Waals surface area contributed by atoms with Crippen LogP contribution in [0.5, 0.6) is 5.75 Å². The maximum Gasteiger partial charge on any atom is 0.324 e. The quantitative estimate of drug-likeness (QED) is 0.860. The molecular weight excluding hydrogens is 368 g/mol. The molecule has 1 fully saturated rings. The van der Waals surface area contributed by atoms with Crippen molar-refractivity contribution in [2.45, 2.75) is 39.8 Å². The first-order valence-corrected chi connectivity index (χ1v) is 9.57. The van der Waals surface area contributed by atoms with Gasteiger partial charge in [-0.05, 0) is 45.9 Å². The number of ether oxygens (including phenoxy) is 1. The number of carbonyl (C=O) groups excluding carboxylic acids is 1. The van der Waals surface area contributed by atoms with Crippen molar-refractivity contribution in [3.8, 4) is 11.8 Å². The zero-order chi connectivity index (χ0) is 21.1. The number of amides is 2. The summed E-state index contributed by atoms with van der Waals surface area (Å²) in [6.45, 7) is 9.06. The van der Waals surface area contributed by atoms with E-state index in [1.54, 1.807) is 13.2 Å². The molecule has 3 rings (SSSR count). The zero-order valence-electron chi connectivity index (χ0n) is 17.4. The molecule has 1 aromatic heterocycles. The summed E-state index contributed by atoms with van der Waals surface area (Å²) >= 11 is 0. The number of rotatable bonds is 3. The van der Waals surface area contributed by atoms with Crippen molar-refractivity contribution < 1.29 is 9.53 Å². The Morgan fingerprint density at radius 1 is 1.17 bits per heavy atom. The maximum atomic E-state index is 12.8. The van der Waals surface area contributed by atoms with Crippen LogP contribution in [0.4, 0.5) is 16.4 Å². The molecule has 8 nitrogen and oxygen atoms in total. The molecule has 152 valence electrons. The predicted molar refractivity (Wildman–Crippen MR) is 111 cm³/mol. The summed E-state index contributed by atoms with van der Waals surface area (Å²) in [5.74, 6) is 0.878. The molecule has 2 heterocycles. The fraction of sp³-hybridized carbons (Fsp3) is 0.429. The molecule has 1 saturated heterocycles. The number of benzene rings is 1. The van der Waals surface area contributed by atoms with Gasteiger partial charge >= 0.3 is 6.03 Å². The number of hydrogen-bond acceptors (Lipinski definition) is 6. The molecule has 0 bridgehead atoms. The van der Waals surface area contributed by atoms with Gasteiger partial charge in [0.25, 0.3) is 0 Å². The van der Waals surface area contributed by atoms with Crippen LogP contribution in [-0.2, 0) is 0 Å². The fourth-order valence-corrected chi connectivity index (χ4v) is 3.67. The Bertz CT molecular complexity index is 934. The van der Waals surface area contributed by atoms with Crippen LogP contribution in [0.15, 0.2) is 24.3 Å². The van der Waals surface area contributed by atoms with Crippen molar-refractivity contribution in [3.05, 3.63) is 41.2 Å². The molecule has 29 heavy (non-hydrogen) atoms. The lowest BCUT2D eigenvalue weighted by Gasteiger charge is -2.45. The molecule has 2 aromatic rings.